The normalized spacial score (nSPS) is 10.4. The summed E-state index contributed by atoms with van der Waals surface area (Å²) in [5, 5.41) is 11.1. The van der Waals surface area contributed by atoms with Crippen molar-refractivity contribution in [3.8, 4) is 17.2 Å². The standard InChI is InChI=1S/C21H22N4O5S/c1-28-14-6-4-13(5-7-14)10-17-20(27)23-21(25-24-17)31-12-19(26)22-16-9-8-15(29-2)11-18(16)30-3/h4-9,11H,10,12H2,1-3H3,(H,22,26)(H,23,25,27). The monoisotopic (exact) mass is 442 g/mol. The van der Waals surface area contributed by atoms with E-state index in [0.717, 1.165) is 23.1 Å². The number of ether oxygens (including phenoxy) is 3. The highest BCUT2D eigenvalue weighted by Crippen LogP contribution is 2.29. The molecule has 9 nitrogen and oxygen atoms in total. The molecule has 0 aliphatic carbocycles. The number of nitrogens with zero attached hydrogens (tertiary/aromatic N) is 2. The summed E-state index contributed by atoms with van der Waals surface area (Å²) in [5.74, 6) is 1.59. The van der Waals surface area contributed by atoms with Crippen molar-refractivity contribution < 1.29 is 19.0 Å². The molecule has 1 aromatic heterocycles. The van der Waals surface area contributed by atoms with Crippen LogP contribution in [-0.4, -0.2) is 48.2 Å². The fourth-order valence-corrected chi connectivity index (χ4v) is 3.29. The van der Waals surface area contributed by atoms with Gasteiger partial charge in [0.25, 0.3) is 5.56 Å². The van der Waals surface area contributed by atoms with Gasteiger partial charge in [-0.05, 0) is 29.8 Å². The average molecular weight is 442 g/mol. The maximum absolute atomic E-state index is 12.3. The van der Waals surface area contributed by atoms with Crippen LogP contribution in [0.1, 0.15) is 11.3 Å². The van der Waals surface area contributed by atoms with Gasteiger partial charge < -0.3 is 19.5 Å². The van der Waals surface area contributed by atoms with Crippen molar-refractivity contribution in [1.82, 2.24) is 15.2 Å². The van der Waals surface area contributed by atoms with Crippen molar-refractivity contribution in [2.45, 2.75) is 11.6 Å². The Labute approximate surface area is 183 Å². The number of aromatic nitrogens is 3. The summed E-state index contributed by atoms with van der Waals surface area (Å²) in [6, 6.07) is 12.4. The van der Waals surface area contributed by atoms with Gasteiger partial charge in [-0.2, -0.15) is 0 Å². The minimum Gasteiger partial charge on any atom is -0.497 e. The second kappa shape index (κ2) is 10.5. The Morgan fingerprint density at radius 2 is 1.71 bits per heavy atom. The van der Waals surface area contributed by atoms with Crippen molar-refractivity contribution in [2.75, 3.05) is 32.4 Å². The van der Waals surface area contributed by atoms with Crippen LogP contribution < -0.4 is 25.1 Å². The van der Waals surface area contributed by atoms with E-state index in [9.17, 15) is 9.59 Å². The van der Waals surface area contributed by atoms with Crippen LogP contribution in [0.4, 0.5) is 5.69 Å². The molecule has 3 aromatic rings. The molecular weight excluding hydrogens is 420 g/mol. The van der Waals surface area contributed by atoms with Crippen molar-refractivity contribution in [3.63, 3.8) is 0 Å². The molecule has 0 saturated carbocycles. The van der Waals surface area contributed by atoms with E-state index in [0.29, 0.717) is 29.3 Å². The highest BCUT2D eigenvalue weighted by atomic mass is 32.2. The lowest BCUT2D eigenvalue weighted by atomic mass is 10.1. The summed E-state index contributed by atoms with van der Waals surface area (Å²) in [5.41, 5.74) is 1.38. The van der Waals surface area contributed by atoms with Gasteiger partial charge in [0.1, 0.15) is 22.9 Å². The van der Waals surface area contributed by atoms with Crippen LogP contribution in [0.25, 0.3) is 0 Å². The third-order valence-corrected chi connectivity index (χ3v) is 5.16. The second-order valence-electron chi connectivity index (χ2n) is 6.33. The van der Waals surface area contributed by atoms with Crippen molar-refractivity contribution in [3.05, 3.63) is 64.1 Å². The quantitative estimate of drug-likeness (QED) is 0.486. The van der Waals surface area contributed by atoms with Gasteiger partial charge in [-0.1, -0.05) is 23.9 Å². The molecule has 0 unspecified atom stereocenters. The highest BCUT2D eigenvalue weighted by Gasteiger charge is 2.12. The van der Waals surface area contributed by atoms with Crippen LogP contribution in [0, 0.1) is 0 Å². The predicted octanol–water partition coefficient (Wildman–Crippen LogP) is 2.51. The molecule has 0 aliphatic heterocycles. The number of methoxy groups -OCH3 is 3. The van der Waals surface area contributed by atoms with Crippen LogP contribution in [0.2, 0.25) is 0 Å². The third-order valence-electron chi connectivity index (χ3n) is 4.30. The fraction of sp³-hybridized carbons (Fsp3) is 0.238. The van der Waals surface area contributed by atoms with Gasteiger partial charge >= 0.3 is 0 Å². The highest BCUT2D eigenvalue weighted by molar-refractivity contribution is 7.99. The number of hydrogen-bond acceptors (Lipinski definition) is 8. The Kier molecular flexibility index (Phi) is 7.50. The first-order valence-corrected chi connectivity index (χ1v) is 10.2. The number of anilines is 1. The predicted molar refractivity (Wildman–Crippen MR) is 117 cm³/mol. The molecule has 0 saturated heterocycles. The van der Waals surface area contributed by atoms with Crippen LogP contribution in [0.5, 0.6) is 17.2 Å². The Hall–Kier alpha value is -3.53. The number of carbonyl (C=O) groups is 1. The summed E-state index contributed by atoms with van der Waals surface area (Å²) in [6.45, 7) is 0. The van der Waals surface area contributed by atoms with Crippen LogP contribution >= 0.6 is 11.8 Å². The molecule has 0 aliphatic rings. The van der Waals surface area contributed by atoms with Gasteiger partial charge in [-0.3, -0.25) is 14.6 Å². The summed E-state index contributed by atoms with van der Waals surface area (Å²) < 4.78 is 15.5. The number of rotatable bonds is 9. The average Bonchev–Trinajstić information content (AvgIpc) is 2.80. The zero-order valence-corrected chi connectivity index (χ0v) is 18.1. The Morgan fingerprint density at radius 1 is 1.00 bits per heavy atom. The number of benzene rings is 2. The topological polar surface area (TPSA) is 115 Å². The summed E-state index contributed by atoms with van der Waals surface area (Å²) in [4.78, 5) is 27.3. The number of carbonyl (C=O) groups excluding carboxylic acids is 1. The number of hydrogen-bond donors (Lipinski definition) is 2. The maximum atomic E-state index is 12.3. The molecule has 0 bridgehead atoms. The molecule has 2 N–H and O–H groups in total. The summed E-state index contributed by atoms with van der Waals surface area (Å²) in [7, 11) is 4.65. The molecule has 162 valence electrons. The number of aromatic amines is 1. The lowest BCUT2D eigenvalue weighted by Crippen LogP contribution is -2.19. The molecular formula is C21H22N4O5S. The number of H-pyrrole nitrogens is 1. The van der Waals surface area contributed by atoms with Gasteiger partial charge in [0.05, 0.1) is 32.8 Å². The van der Waals surface area contributed by atoms with Gasteiger partial charge in [-0.15, -0.1) is 10.2 Å². The van der Waals surface area contributed by atoms with Gasteiger partial charge in [0, 0.05) is 12.5 Å². The van der Waals surface area contributed by atoms with E-state index in [4.69, 9.17) is 14.2 Å². The zero-order chi connectivity index (χ0) is 22.2. The smallest absolute Gasteiger partial charge is 0.273 e. The van der Waals surface area contributed by atoms with Gasteiger partial charge in [-0.25, -0.2) is 0 Å². The molecule has 0 fully saturated rings. The molecule has 0 atom stereocenters. The van der Waals surface area contributed by atoms with Gasteiger partial charge in [0.2, 0.25) is 5.91 Å². The van der Waals surface area contributed by atoms with Crippen molar-refractivity contribution in [1.29, 1.82) is 0 Å². The van der Waals surface area contributed by atoms with E-state index < -0.39 is 0 Å². The molecule has 3 rings (SSSR count). The first-order chi connectivity index (χ1) is 15.0. The van der Waals surface area contributed by atoms with Crippen molar-refractivity contribution >= 4 is 23.4 Å². The van der Waals surface area contributed by atoms with Gasteiger partial charge in [0.15, 0.2) is 5.16 Å². The largest absolute Gasteiger partial charge is 0.497 e. The minimum atomic E-state index is -0.342. The zero-order valence-electron chi connectivity index (χ0n) is 17.3. The van der Waals surface area contributed by atoms with E-state index in [1.54, 1.807) is 32.4 Å². The van der Waals surface area contributed by atoms with Crippen LogP contribution in [0.3, 0.4) is 0 Å². The van der Waals surface area contributed by atoms with E-state index >= 15 is 0 Å². The minimum absolute atomic E-state index is 0.0393. The summed E-state index contributed by atoms with van der Waals surface area (Å²) >= 11 is 1.08. The lowest BCUT2D eigenvalue weighted by molar-refractivity contribution is -0.113. The Bertz CT molecular complexity index is 1100. The van der Waals surface area contributed by atoms with E-state index in [1.807, 2.05) is 24.3 Å². The maximum Gasteiger partial charge on any atom is 0.273 e. The number of nitrogens with one attached hydrogen (secondary N) is 2. The fourth-order valence-electron chi connectivity index (χ4n) is 2.68. The number of amides is 1. The van der Waals surface area contributed by atoms with E-state index in [1.165, 1.54) is 7.11 Å². The van der Waals surface area contributed by atoms with E-state index in [-0.39, 0.29) is 22.4 Å². The molecule has 10 heteroatoms. The van der Waals surface area contributed by atoms with Crippen LogP contribution in [-0.2, 0) is 11.2 Å². The lowest BCUT2D eigenvalue weighted by Gasteiger charge is -2.11. The van der Waals surface area contributed by atoms with Crippen LogP contribution in [0.15, 0.2) is 52.4 Å². The molecule has 1 amide bonds. The first-order valence-electron chi connectivity index (χ1n) is 9.26. The van der Waals surface area contributed by atoms with E-state index in [2.05, 4.69) is 20.5 Å². The molecule has 0 spiro atoms. The van der Waals surface area contributed by atoms with Crippen molar-refractivity contribution in [2.24, 2.45) is 0 Å². The second-order valence-corrected chi connectivity index (χ2v) is 7.30. The first kappa shape index (κ1) is 22.2. The summed E-state index contributed by atoms with van der Waals surface area (Å²) in [6.07, 6.45) is 0.342. The third kappa shape index (κ3) is 5.98. The SMILES string of the molecule is COc1ccc(Cc2nnc(SCC(=O)Nc3ccc(OC)cc3OC)[nH]c2=O)cc1. The Morgan fingerprint density at radius 3 is 2.35 bits per heavy atom. The number of thioether (sulfide) groups is 1. The molecule has 2 aromatic carbocycles. The molecule has 0 radical (unpaired) electrons. The Balaban J connectivity index is 1.58. The molecule has 31 heavy (non-hydrogen) atoms. The molecule has 1 heterocycles.